The van der Waals surface area contributed by atoms with Gasteiger partial charge in [0.05, 0.1) is 20.3 Å². The van der Waals surface area contributed by atoms with E-state index in [9.17, 15) is 14.3 Å². The maximum absolute atomic E-state index is 13.5. The predicted octanol–water partition coefficient (Wildman–Crippen LogP) is 2.63. The van der Waals surface area contributed by atoms with Gasteiger partial charge in [-0.25, -0.2) is 4.39 Å². The summed E-state index contributed by atoms with van der Waals surface area (Å²) in [6.45, 7) is 0.0611. The third-order valence-electron chi connectivity index (χ3n) is 3.86. The Bertz CT molecular complexity index is 720. The quantitative estimate of drug-likeness (QED) is 0.770. The Balaban J connectivity index is 1.86. The van der Waals surface area contributed by atoms with Crippen molar-refractivity contribution in [2.75, 3.05) is 20.8 Å². The van der Waals surface area contributed by atoms with Gasteiger partial charge in [-0.05, 0) is 35.7 Å². The Morgan fingerprint density at radius 1 is 1.16 bits per heavy atom. The van der Waals surface area contributed by atoms with E-state index >= 15 is 0 Å². The highest BCUT2D eigenvalue weighted by Crippen LogP contribution is 2.29. The van der Waals surface area contributed by atoms with E-state index in [-0.39, 0.29) is 24.7 Å². The van der Waals surface area contributed by atoms with Gasteiger partial charge in [0, 0.05) is 13.0 Å². The molecule has 0 spiro atoms. The highest BCUT2D eigenvalue weighted by Gasteiger charge is 2.13. The highest BCUT2D eigenvalue weighted by atomic mass is 19.1. The average Bonchev–Trinajstić information content (AvgIpc) is 2.64. The molecule has 0 heterocycles. The molecule has 0 fully saturated rings. The second-order valence-electron chi connectivity index (χ2n) is 5.53. The minimum atomic E-state index is -0.878. The van der Waals surface area contributed by atoms with E-state index in [4.69, 9.17) is 9.47 Å². The predicted molar refractivity (Wildman–Crippen MR) is 92.2 cm³/mol. The first-order valence-corrected chi connectivity index (χ1v) is 7.95. The number of aliphatic hydroxyl groups is 1. The Labute approximate surface area is 146 Å². The molecule has 2 aromatic carbocycles. The van der Waals surface area contributed by atoms with Crippen LogP contribution in [0, 0.1) is 5.82 Å². The van der Waals surface area contributed by atoms with Crippen molar-refractivity contribution in [1.82, 2.24) is 5.32 Å². The maximum atomic E-state index is 13.5. The lowest BCUT2D eigenvalue weighted by molar-refractivity contribution is -0.121. The number of carbonyl (C=O) groups is 1. The second-order valence-corrected chi connectivity index (χ2v) is 5.53. The molecule has 2 rings (SSSR count). The number of aryl methyl sites for hydroxylation is 1. The van der Waals surface area contributed by atoms with Crippen molar-refractivity contribution in [1.29, 1.82) is 0 Å². The standard InChI is InChI=1S/C19H22FNO4/c1-24-17-9-7-14(11-18(17)25-2)16(22)12-21-19(23)10-8-13-5-3-4-6-15(13)20/h3-7,9,11,16,22H,8,10,12H2,1-2H3,(H,21,23)/t16-/m0/s1. The molecule has 1 atom stereocenters. The number of methoxy groups -OCH3 is 2. The third-order valence-corrected chi connectivity index (χ3v) is 3.86. The first kappa shape index (κ1) is 18.7. The van der Waals surface area contributed by atoms with Crippen LogP contribution >= 0.6 is 0 Å². The number of nitrogens with one attached hydrogen (secondary N) is 1. The Morgan fingerprint density at radius 3 is 2.56 bits per heavy atom. The number of aliphatic hydroxyl groups excluding tert-OH is 1. The fourth-order valence-corrected chi connectivity index (χ4v) is 2.43. The lowest BCUT2D eigenvalue weighted by Crippen LogP contribution is -2.28. The Morgan fingerprint density at radius 2 is 1.88 bits per heavy atom. The molecule has 0 saturated carbocycles. The summed E-state index contributed by atoms with van der Waals surface area (Å²) in [5, 5.41) is 12.9. The van der Waals surface area contributed by atoms with Crippen molar-refractivity contribution in [2.45, 2.75) is 18.9 Å². The van der Waals surface area contributed by atoms with Gasteiger partial charge >= 0.3 is 0 Å². The van der Waals surface area contributed by atoms with E-state index < -0.39 is 6.10 Å². The number of amides is 1. The van der Waals surface area contributed by atoms with Crippen molar-refractivity contribution in [3.8, 4) is 11.5 Å². The van der Waals surface area contributed by atoms with E-state index in [0.717, 1.165) is 0 Å². The van der Waals surface area contributed by atoms with Gasteiger partial charge in [0.15, 0.2) is 11.5 Å². The molecule has 0 radical (unpaired) electrons. The summed E-state index contributed by atoms with van der Waals surface area (Å²) in [5.74, 6) is 0.501. The van der Waals surface area contributed by atoms with E-state index in [0.29, 0.717) is 29.0 Å². The summed E-state index contributed by atoms with van der Waals surface area (Å²) in [5.41, 5.74) is 1.10. The molecule has 0 unspecified atom stereocenters. The molecule has 2 N–H and O–H groups in total. The third kappa shape index (κ3) is 5.19. The smallest absolute Gasteiger partial charge is 0.220 e. The van der Waals surface area contributed by atoms with Gasteiger partial charge in [0.1, 0.15) is 5.82 Å². The molecule has 0 aliphatic carbocycles. The van der Waals surface area contributed by atoms with Crippen LogP contribution in [0.15, 0.2) is 42.5 Å². The first-order chi connectivity index (χ1) is 12.0. The topological polar surface area (TPSA) is 67.8 Å². The Hall–Kier alpha value is -2.60. The zero-order chi connectivity index (χ0) is 18.2. The molecule has 0 saturated heterocycles. The number of halogens is 1. The SMILES string of the molecule is COc1ccc([C@@H](O)CNC(=O)CCc2ccccc2F)cc1OC. The van der Waals surface area contributed by atoms with Gasteiger partial charge in [-0.3, -0.25) is 4.79 Å². The summed E-state index contributed by atoms with van der Waals surface area (Å²) in [6.07, 6.45) is -0.415. The molecule has 25 heavy (non-hydrogen) atoms. The molecule has 0 aliphatic rings. The largest absolute Gasteiger partial charge is 0.493 e. The summed E-state index contributed by atoms with van der Waals surface area (Å²) in [6, 6.07) is 11.4. The van der Waals surface area contributed by atoms with Gasteiger partial charge in [0.2, 0.25) is 5.91 Å². The number of hydrogen-bond donors (Lipinski definition) is 2. The number of carbonyl (C=O) groups excluding carboxylic acids is 1. The first-order valence-electron chi connectivity index (χ1n) is 7.95. The van der Waals surface area contributed by atoms with Crippen LogP contribution in [0.4, 0.5) is 4.39 Å². The zero-order valence-corrected chi connectivity index (χ0v) is 14.3. The molecule has 6 heteroatoms. The van der Waals surface area contributed by atoms with Gasteiger partial charge in [0.25, 0.3) is 0 Å². The van der Waals surface area contributed by atoms with Gasteiger partial charge < -0.3 is 19.9 Å². The lowest BCUT2D eigenvalue weighted by Gasteiger charge is -2.15. The molecule has 5 nitrogen and oxygen atoms in total. The summed E-state index contributed by atoms with van der Waals surface area (Å²) in [7, 11) is 3.04. The number of ether oxygens (including phenoxy) is 2. The molecule has 0 aromatic heterocycles. The van der Waals surface area contributed by atoms with Crippen LogP contribution in [0.25, 0.3) is 0 Å². The summed E-state index contributed by atoms with van der Waals surface area (Å²) in [4.78, 5) is 11.9. The van der Waals surface area contributed by atoms with Crippen LogP contribution in [-0.4, -0.2) is 31.8 Å². The zero-order valence-electron chi connectivity index (χ0n) is 14.3. The van der Waals surface area contributed by atoms with Crippen LogP contribution in [0.2, 0.25) is 0 Å². The molecular formula is C19H22FNO4. The minimum absolute atomic E-state index is 0.0611. The lowest BCUT2D eigenvalue weighted by atomic mass is 10.1. The fraction of sp³-hybridized carbons (Fsp3) is 0.316. The molecule has 0 bridgehead atoms. The second kappa shape index (κ2) is 9.03. The van der Waals surface area contributed by atoms with E-state index in [1.165, 1.54) is 20.3 Å². The summed E-state index contributed by atoms with van der Waals surface area (Å²) < 4.78 is 23.9. The van der Waals surface area contributed by atoms with Crippen LogP contribution in [-0.2, 0) is 11.2 Å². The van der Waals surface area contributed by atoms with Crippen molar-refractivity contribution in [3.63, 3.8) is 0 Å². The molecular weight excluding hydrogens is 325 g/mol. The van der Waals surface area contributed by atoms with Crippen molar-refractivity contribution >= 4 is 5.91 Å². The van der Waals surface area contributed by atoms with Crippen LogP contribution in [0.1, 0.15) is 23.7 Å². The van der Waals surface area contributed by atoms with E-state index in [1.807, 2.05) is 0 Å². The molecule has 2 aromatic rings. The molecule has 1 amide bonds. The fourth-order valence-electron chi connectivity index (χ4n) is 2.43. The van der Waals surface area contributed by atoms with E-state index in [2.05, 4.69) is 5.32 Å². The number of rotatable bonds is 8. The van der Waals surface area contributed by atoms with Crippen molar-refractivity contribution in [2.24, 2.45) is 0 Å². The number of hydrogen-bond acceptors (Lipinski definition) is 4. The maximum Gasteiger partial charge on any atom is 0.220 e. The minimum Gasteiger partial charge on any atom is -0.493 e. The number of benzene rings is 2. The highest BCUT2D eigenvalue weighted by molar-refractivity contribution is 5.76. The van der Waals surface area contributed by atoms with Gasteiger partial charge in [-0.2, -0.15) is 0 Å². The normalized spacial score (nSPS) is 11.7. The van der Waals surface area contributed by atoms with Crippen LogP contribution in [0.5, 0.6) is 11.5 Å². The summed E-state index contributed by atoms with van der Waals surface area (Å²) >= 11 is 0. The van der Waals surface area contributed by atoms with E-state index in [1.54, 1.807) is 36.4 Å². The monoisotopic (exact) mass is 347 g/mol. The van der Waals surface area contributed by atoms with Gasteiger partial charge in [-0.1, -0.05) is 24.3 Å². The molecule has 0 aliphatic heterocycles. The van der Waals surface area contributed by atoms with Crippen LogP contribution in [0.3, 0.4) is 0 Å². The molecule has 134 valence electrons. The average molecular weight is 347 g/mol. The van der Waals surface area contributed by atoms with Crippen molar-refractivity contribution in [3.05, 3.63) is 59.4 Å². The van der Waals surface area contributed by atoms with Crippen molar-refractivity contribution < 1.29 is 23.8 Å². The van der Waals surface area contributed by atoms with Gasteiger partial charge in [-0.15, -0.1) is 0 Å². The Kier molecular flexibility index (Phi) is 6.77. The van der Waals surface area contributed by atoms with Crippen LogP contribution < -0.4 is 14.8 Å².